The topological polar surface area (TPSA) is 55.4 Å². The highest BCUT2D eigenvalue weighted by Gasteiger charge is 2.26. The van der Waals surface area contributed by atoms with Gasteiger partial charge in [-0.1, -0.05) is 12.1 Å². The molecule has 6 heteroatoms. The van der Waals surface area contributed by atoms with Gasteiger partial charge in [0.15, 0.2) is 0 Å². The van der Waals surface area contributed by atoms with Gasteiger partial charge in [-0.2, -0.15) is 0 Å². The molecule has 0 spiro atoms. The van der Waals surface area contributed by atoms with E-state index in [1.807, 2.05) is 0 Å². The molecule has 1 aliphatic carbocycles. The van der Waals surface area contributed by atoms with Gasteiger partial charge >= 0.3 is 5.97 Å². The molecule has 0 radical (unpaired) electrons. The number of aryl methyl sites for hydroxylation is 1. The number of esters is 1. The molecule has 1 heterocycles. The second kappa shape index (κ2) is 8.27. The van der Waals surface area contributed by atoms with Crippen LogP contribution in [-0.2, 0) is 22.4 Å². The van der Waals surface area contributed by atoms with E-state index in [9.17, 15) is 14.0 Å². The lowest BCUT2D eigenvalue weighted by molar-refractivity contribution is -0.111. The molecular weight excluding hydrogens is 353 g/mol. The average Bonchev–Trinajstić information content (AvgIpc) is 2.98. The van der Waals surface area contributed by atoms with E-state index in [1.54, 1.807) is 19.1 Å². The highest BCUT2D eigenvalue weighted by Crippen LogP contribution is 2.38. The summed E-state index contributed by atoms with van der Waals surface area (Å²) in [7, 11) is 0. The minimum absolute atomic E-state index is 0.288. The number of carbonyl (C=O) groups excluding carboxylic acids is 2. The summed E-state index contributed by atoms with van der Waals surface area (Å²) < 4.78 is 18.4. The van der Waals surface area contributed by atoms with Crippen LogP contribution in [0.4, 0.5) is 9.39 Å². The van der Waals surface area contributed by atoms with Gasteiger partial charge in [0, 0.05) is 11.0 Å². The Morgan fingerprint density at radius 3 is 2.88 bits per heavy atom. The van der Waals surface area contributed by atoms with Crippen LogP contribution in [0.3, 0.4) is 0 Å². The van der Waals surface area contributed by atoms with Gasteiger partial charge in [-0.15, -0.1) is 11.3 Å². The second-order valence-corrected chi connectivity index (χ2v) is 7.12. The number of carbonyl (C=O) groups is 2. The number of hydrogen-bond acceptors (Lipinski definition) is 4. The van der Waals surface area contributed by atoms with Gasteiger partial charge in [0.25, 0.3) is 0 Å². The second-order valence-electron chi connectivity index (χ2n) is 6.01. The number of benzene rings is 1. The van der Waals surface area contributed by atoms with Crippen molar-refractivity contribution in [3.8, 4) is 0 Å². The molecule has 0 fully saturated rings. The van der Waals surface area contributed by atoms with Crippen molar-refractivity contribution in [2.24, 2.45) is 0 Å². The fourth-order valence-electron chi connectivity index (χ4n) is 3.01. The van der Waals surface area contributed by atoms with Crippen molar-refractivity contribution in [3.63, 3.8) is 0 Å². The van der Waals surface area contributed by atoms with E-state index in [0.29, 0.717) is 16.1 Å². The Morgan fingerprint density at radius 2 is 2.12 bits per heavy atom. The van der Waals surface area contributed by atoms with Gasteiger partial charge in [0.2, 0.25) is 5.91 Å². The molecule has 0 atom stereocenters. The van der Waals surface area contributed by atoms with E-state index in [0.717, 1.165) is 36.1 Å². The highest BCUT2D eigenvalue weighted by atomic mass is 32.1. The van der Waals surface area contributed by atoms with Crippen LogP contribution in [0.25, 0.3) is 6.08 Å². The van der Waals surface area contributed by atoms with E-state index >= 15 is 0 Å². The molecule has 0 aliphatic heterocycles. The van der Waals surface area contributed by atoms with Gasteiger partial charge in [-0.25, -0.2) is 9.18 Å². The number of amides is 1. The summed E-state index contributed by atoms with van der Waals surface area (Å²) in [4.78, 5) is 25.8. The lowest BCUT2D eigenvalue weighted by Gasteiger charge is -2.12. The van der Waals surface area contributed by atoms with Crippen LogP contribution in [0.1, 0.15) is 46.1 Å². The smallest absolute Gasteiger partial charge is 0.341 e. The summed E-state index contributed by atoms with van der Waals surface area (Å²) in [6.45, 7) is 2.05. The summed E-state index contributed by atoms with van der Waals surface area (Å²) in [6.07, 6.45) is 6.74. The SMILES string of the molecule is CCOC(=O)c1c(NC(=O)/C=C/c2cccc(F)c2)sc2c1CCCC2. The summed E-state index contributed by atoms with van der Waals surface area (Å²) in [5.74, 6) is -1.11. The number of nitrogens with one attached hydrogen (secondary N) is 1. The first-order chi connectivity index (χ1) is 12.6. The molecule has 1 aliphatic rings. The predicted octanol–water partition coefficient (Wildman–Crippen LogP) is 4.59. The largest absolute Gasteiger partial charge is 0.462 e. The Hall–Kier alpha value is -2.47. The van der Waals surface area contributed by atoms with E-state index in [-0.39, 0.29) is 18.3 Å². The number of fused-ring (bicyclic) bond motifs is 1. The normalized spacial score (nSPS) is 13.5. The van der Waals surface area contributed by atoms with Crippen molar-refractivity contribution in [2.75, 3.05) is 11.9 Å². The molecule has 3 rings (SSSR count). The van der Waals surface area contributed by atoms with Gasteiger partial charge in [0.1, 0.15) is 10.8 Å². The number of thiophene rings is 1. The minimum atomic E-state index is -0.392. The Labute approximate surface area is 155 Å². The molecule has 1 aromatic carbocycles. The molecule has 0 saturated heterocycles. The Morgan fingerprint density at radius 1 is 1.31 bits per heavy atom. The Kier molecular flexibility index (Phi) is 5.83. The zero-order chi connectivity index (χ0) is 18.5. The van der Waals surface area contributed by atoms with Crippen LogP contribution in [0.5, 0.6) is 0 Å². The quantitative estimate of drug-likeness (QED) is 0.616. The zero-order valence-electron chi connectivity index (χ0n) is 14.5. The Bertz CT molecular complexity index is 857. The van der Waals surface area contributed by atoms with Crippen molar-refractivity contribution in [3.05, 3.63) is 57.7 Å². The maximum absolute atomic E-state index is 13.2. The molecule has 136 valence electrons. The molecule has 0 saturated carbocycles. The fourth-order valence-corrected chi connectivity index (χ4v) is 4.29. The molecule has 1 N–H and O–H groups in total. The zero-order valence-corrected chi connectivity index (χ0v) is 15.3. The molecule has 4 nitrogen and oxygen atoms in total. The lowest BCUT2D eigenvalue weighted by atomic mass is 9.95. The number of rotatable bonds is 5. The summed E-state index contributed by atoms with van der Waals surface area (Å²) in [5, 5.41) is 3.32. The van der Waals surface area contributed by atoms with Crippen molar-refractivity contribution in [2.45, 2.75) is 32.6 Å². The van der Waals surface area contributed by atoms with Crippen molar-refractivity contribution < 1.29 is 18.7 Å². The van der Waals surface area contributed by atoms with Gasteiger partial charge < -0.3 is 10.1 Å². The van der Waals surface area contributed by atoms with Crippen LogP contribution in [0.15, 0.2) is 30.3 Å². The molecule has 1 amide bonds. The van der Waals surface area contributed by atoms with E-state index < -0.39 is 5.97 Å². The number of halogens is 1. The average molecular weight is 373 g/mol. The number of anilines is 1. The molecular formula is C20H20FNO3S. The van der Waals surface area contributed by atoms with Crippen LogP contribution in [-0.4, -0.2) is 18.5 Å². The minimum Gasteiger partial charge on any atom is -0.462 e. The van der Waals surface area contributed by atoms with E-state index in [2.05, 4.69) is 5.32 Å². The summed E-state index contributed by atoms with van der Waals surface area (Å²) >= 11 is 1.44. The van der Waals surface area contributed by atoms with Gasteiger partial charge in [0.05, 0.1) is 12.2 Å². The van der Waals surface area contributed by atoms with Crippen molar-refractivity contribution in [1.29, 1.82) is 0 Å². The third kappa shape index (κ3) is 4.19. The van der Waals surface area contributed by atoms with Gasteiger partial charge in [-0.3, -0.25) is 4.79 Å². The maximum atomic E-state index is 13.2. The maximum Gasteiger partial charge on any atom is 0.341 e. The third-order valence-corrected chi connectivity index (χ3v) is 5.37. The van der Waals surface area contributed by atoms with Crippen molar-refractivity contribution in [1.82, 2.24) is 0 Å². The van der Waals surface area contributed by atoms with E-state index in [4.69, 9.17) is 4.74 Å². The Balaban J connectivity index is 1.81. The van der Waals surface area contributed by atoms with Crippen LogP contribution in [0, 0.1) is 5.82 Å². The number of hydrogen-bond donors (Lipinski definition) is 1. The molecule has 0 unspecified atom stereocenters. The van der Waals surface area contributed by atoms with Crippen LogP contribution < -0.4 is 5.32 Å². The molecule has 0 bridgehead atoms. The summed E-state index contributed by atoms with van der Waals surface area (Å²) in [5.41, 5.74) is 2.08. The van der Waals surface area contributed by atoms with Crippen LogP contribution in [0.2, 0.25) is 0 Å². The first-order valence-corrected chi connectivity index (χ1v) is 9.46. The first kappa shape index (κ1) is 18.3. The first-order valence-electron chi connectivity index (χ1n) is 8.64. The molecule has 26 heavy (non-hydrogen) atoms. The number of ether oxygens (including phenoxy) is 1. The monoisotopic (exact) mass is 373 g/mol. The lowest BCUT2D eigenvalue weighted by Crippen LogP contribution is -2.14. The standard InChI is InChI=1S/C20H20FNO3S/c1-2-25-20(24)18-15-8-3-4-9-16(15)26-19(18)22-17(23)11-10-13-6-5-7-14(21)12-13/h5-7,10-12H,2-4,8-9H2,1H3,(H,22,23)/b11-10+. The molecule has 1 aromatic heterocycles. The molecule has 2 aromatic rings. The summed E-state index contributed by atoms with van der Waals surface area (Å²) in [6, 6.07) is 5.98. The van der Waals surface area contributed by atoms with Gasteiger partial charge in [-0.05, 0) is 61.9 Å². The third-order valence-electron chi connectivity index (χ3n) is 4.16. The van der Waals surface area contributed by atoms with Crippen LogP contribution >= 0.6 is 11.3 Å². The predicted molar refractivity (Wildman–Crippen MR) is 101 cm³/mol. The highest BCUT2D eigenvalue weighted by molar-refractivity contribution is 7.17. The van der Waals surface area contributed by atoms with E-state index in [1.165, 1.54) is 35.6 Å². The fraction of sp³-hybridized carbons (Fsp3) is 0.300. The van der Waals surface area contributed by atoms with Crippen molar-refractivity contribution >= 4 is 34.3 Å².